The van der Waals surface area contributed by atoms with E-state index in [4.69, 9.17) is 32.4 Å². The predicted octanol–water partition coefficient (Wildman–Crippen LogP) is -2.82. The number of ether oxygens (including phenoxy) is 2. The third kappa shape index (κ3) is 11.0. The lowest BCUT2D eigenvalue weighted by Crippen LogP contribution is -2.38. The molecule has 0 radical (unpaired) electrons. The van der Waals surface area contributed by atoms with Crippen LogP contribution in [0.15, 0.2) is 9.98 Å². The molecule has 1 heterocycles. The molecule has 1 saturated heterocycles. The second-order valence-corrected chi connectivity index (χ2v) is 5.52. The van der Waals surface area contributed by atoms with Gasteiger partial charge in [0.05, 0.1) is 39.5 Å². The van der Waals surface area contributed by atoms with Crippen LogP contribution in [0.4, 0.5) is 0 Å². The first-order chi connectivity index (χ1) is 11.6. The molecule has 0 aromatic heterocycles. The van der Waals surface area contributed by atoms with Crippen LogP contribution in [0.2, 0.25) is 0 Å². The van der Waals surface area contributed by atoms with Crippen LogP contribution in [0.1, 0.15) is 0 Å². The predicted molar refractivity (Wildman–Crippen MR) is 95.9 cm³/mol. The van der Waals surface area contributed by atoms with Gasteiger partial charge < -0.3 is 32.4 Å². The van der Waals surface area contributed by atoms with Crippen LogP contribution in [0.5, 0.6) is 0 Å². The molecule has 0 aromatic carbocycles. The zero-order chi connectivity index (χ0) is 17.6. The summed E-state index contributed by atoms with van der Waals surface area (Å²) in [5.74, 6) is 0.246. The number of nitrogens with zero attached hydrogens (tertiary/aromatic N) is 4. The summed E-state index contributed by atoms with van der Waals surface area (Å²) in [6.45, 7) is 8.75. The summed E-state index contributed by atoms with van der Waals surface area (Å²) in [6.07, 6.45) is 0. The Labute approximate surface area is 143 Å². The van der Waals surface area contributed by atoms with Crippen molar-refractivity contribution in [3.05, 3.63) is 0 Å². The van der Waals surface area contributed by atoms with E-state index in [9.17, 15) is 0 Å². The average molecular weight is 344 g/mol. The van der Waals surface area contributed by atoms with Crippen LogP contribution in [0.25, 0.3) is 0 Å². The van der Waals surface area contributed by atoms with Crippen molar-refractivity contribution in [2.75, 3.05) is 78.8 Å². The van der Waals surface area contributed by atoms with Gasteiger partial charge in [0.15, 0.2) is 11.9 Å². The fourth-order valence-corrected chi connectivity index (χ4v) is 2.29. The van der Waals surface area contributed by atoms with E-state index in [0.29, 0.717) is 39.5 Å². The van der Waals surface area contributed by atoms with E-state index in [2.05, 4.69) is 19.8 Å². The monoisotopic (exact) mass is 344 g/mol. The Bertz CT molecular complexity index is 335. The number of hydrogen-bond acceptors (Lipinski definition) is 6. The lowest BCUT2D eigenvalue weighted by molar-refractivity contribution is 0.0395. The third-order valence-electron chi connectivity index (χ3n) is 3.63. The third-order valence-corrected chi connectivity index (χ3v) is 3.63. The Kier molecular flexibility index (Phi) is 10.9. The summed E-state index contributed by atoms with van der Waals surface area (Å²) in [7, 11) is 0. The van der Waals surface area contributed by atoms with E-state index in [1.165, 1.54) is 0 Å². The minimum Gasteiger partial charge on any atom is -0.379 e. The summed E-state index contributed by atoms with van der Waals surface area (Å²) in [4.78, 5) is 12.5. The molecule has 10 nitrogen and oxygen atoms in total. The lowest BCUT2D eigenvalue weighted by atomic mass is 10.4. The molecule has 24 heavy (non-hydrogen) atoms. The summed E-state index contributed by atoms with van der Waals surface area (Å²) in [5.41, 5.74) is 21.4. The number of aliphatic imine (C=N–C) groups is 2. The number of hydrogen-bond donors (Lipinski definition) is 4. The van der Waals surface area contributed by atoms with E-state index in [-0.39, 0.29) is 11.9 Å². The van der Waals surface area contributed by atoms with E-state index in [1.807, 2.05) is 0 Å². The largest absolute Gasteiger partial charge is 0.379 e. The smallest absolute Gasteiger partial charge is 0.185 e. The minimum absolute atomic E-state index is 0.123. The molecule has 140 valence electrons. The van der Waals surface area contributed by atoms with Crippen LogP contribution < -0.4 is 22.9 Å². The van der Waals surface area contributed by atoms with Crippen molar-refractivity contribution in [1.82, 2.24) is 9.80 Å². The second-order valence-electron chi connectivity index (χ2n) is 5.52. The highest BCUT2D eigenvalue weighted by Gasteiger charge is 2.09. The van der Waals surface area contributed by atoms with Crippen molar-refractivity contribution in [1.29, 1.82) is 0 Å². The molecule has 8 N–H and O–H groups in total. The van der Waals surface area contributed by atoms with Gasteiger partial charge in [-0.05, 0) is 0 Å². The number of rotatable bonds is 6. The van der Waals surface area contributed by atoms with Crippen LogP contribution >= 0.6 is 0 Å². The maximum absolute atomic E-state index is 5.73. The van der Waals surface area contributed by atoms with E-state index < -0.39 is 0 Å². The Hall–Kier alpha value is -1.62. The molecule has 0 aliphatic carbocycles. The molecule has 0 unspecified atom stereocenters. The molecule has 10 heteroatoms. The van der Waals surface area contributed by atoms with Crippen molar-refractivity contribution >= 4 is 11.9 Å². The minimum atomic E-state index is 0.123. The van der Waals surface area contributed by atoms with Crippen molar-refractivity contribution in [3.63, 3.8) is 0 Å². The van der Waals surface area contributed by atoms with E-state index in [0.717, 1.165) is 39.3 Å². The highest BCUT2D eigenvalue weighted by Crippen LogP contribution is 1.96. The van der Waals surface area contributed by atoms with Gasteiger partial charge in [-0.3, -0.25) is 19.8 Å². The second kappa shape index (κ2) is 12.8. The Morgan fingerprint density at radius 3 is 1.29 bits per heavy atom. The summed E-state index contributed by atoms with van der Waals surface area (Å²) < 4.78 is 11.5. The van der Waals surface area contributed by atoms with E-state index >= 15 is 0 Å². The molecule has 1 aliphatic heterocycles. The number of nitrogens with two attached hydrogens (primary N) is 4. The van der Waals surface area contributed by atoms with Gasteiger partial charge >= 0.3 is 0 Å². The Morgan fingerprint density at radius 2 is 1.00 bits per heavy atom. The van der Waals surface area contributed by atoms with Gasteiger partial charge in [0.25, 0.3) is 0 Å². The maximum Gasteiger partial charge on any atom is 0.185 e. The number of guanidine groups is 2. The van der Waals surface area contributed by atoms with Crippen LogP contribution in [-0.2, 0) is 9.47 Å². The van der Waals surface area contributed by atoms with Crippen molar-refractivity contribution < 1.29 is 9.47 Å². The van der Waals surface area contributed by atoms with Gasteiger partial charge in [-0.25, -0.2) is 0 Å². The topological polar surface area (TPSA) is 154 Å². The van der Waals surface area contributed by atoms with Crippen LogP contribution in [0.3, 0.4) is 0 Å². The SMILES string of the molecule is NC(N)=NCCN1CCOCCN(CCN=C(N)N)CCOCC1. The summed E-state index contributed by atoms with van der Waals surface area (Å²) >= 11 is 0. The molecule has 1 fully saturated rings. The van der Waals surface area contributed by atoms with Gasteiger partial charge in [-0.15, -0.1) is 0 Å². The van der Waals surface area contributed by atoms with Gasteiger partial charge in [-0.1, -0.05) is 0 Å². The quantitative estimate of drug-likeness (QED) is 0.297. The van der Waals surface area contributed by atoms with Crippen LogP contribution in [0, 0.1) is 0 Å². The zero-order valence-electron chi connectivity index (χ0n) is 14.4. The van der Waals surface area contributed by atoms with Crippen LogP contribution in [-0.4, -0.2) is 101 Å². The molecular weight excluding hydrogens is 312 g/mol. The highest BCUT2D eigenvalue weighted by molar-refractivity contribution is 5.75. The van der Waals surface area contributed by atoms with Crippen molar-refractivity contribution in [3.8, 4) is 0 Å². The molecule has 0 aromatic rings. The standard InChI is InChI=1S/C14H32N8O2/c15-13(16)19-1-3-21-5-9-23-11-7-22(4-2-20-14(17)18)8-12-24-10-6-21/h1-12H2,(H4,15,16,19)(H4,17,18,20). The molecular formula is C14H32N8O2. The van der Waals surface area contributed by atoms with Gasteiger partial charge in [-0.2, -0.15) is 0 Å². The molecule has 0 atom stereocenters. The van der Waals surface area contributed by atoms with Crippen molar-refractivity contribution in [2.24, 2.45) is 32.9 Å². The average Bonchev–Trinajstić information content (AvgIpc) is 2.50. The fraction of sp³-hybridized carbons (Fsp3) is 0.857. The zero-order valence-corrected chi connectivity index (χ0v) is 14.4. The maximum atomic E-state index is 5.73. The molecule has 0 saturated carbocycles. The van der Waals surface area contributed by atoms with Gasteiger partial charge in [0.1, 0.15) is 0 Å². The summed E-state index contributed by atoms with van der Waals surface area (Å²) in [5, 5.41) is 0. The van der Waals surface area contributed by atoms with E-state index in [1.54, 1.807) is 0 Å². The van der Waals surface area contributed by atoms with Gasteiger partial charge in [0, 0.05) is 39.3 Å². The van der Waals surface area contributed by atoms with Crippen molar-refractivity contribution in [2.45, 2.75) is 0 Å². The first-order valence-electron chi connectivity index (χ1n) is 8.29. The molecule has 0 amide bonds. The molecule has 1 aliphatic rings. The fourth-order valence-electron chi connectivity index (χ4n) is 2.29. The highest BCUT2D eigenvalue weighted by atomic mass is 16.5. The lowest BCUT2D eigenvalue weighted by Gasteiger charge is -2.25. The van der Waals surface area contributed by atoms with Gasteiger partial charge in [0.2, 0.25) is 0 Å². The first kappa shape index (κ1) is 20.4. The molecule has 0 spiro atoms. The normalized spacial score (nSPS) is 19.0. The molecule has 0 bridgehead atoms. The first-order valence-corrected chi connectivity index (χ1v) is 8.29. The summed E-state index contributed by atoms with van der Waals surface area (Å²) in [6, 6.07) is 0. The Balaban J connectivity index is 2.32. The molecule has 1 rings (SSSR count). The Morgan fingerprint density at radius 1 is 0.667 bits per heavy atom.